The molecule has 2 aromatic rings. The van der Waals surface area contributed by atoms with Gasteiger partial charge in [0.25, 0.3) is 0 Å². The molecular weight excluding hydrogens is 330 g/mol. The van der Waals surface area contributed by atoms with Crippen molar-refractivity contribution in [3.8, 4) is 11.5 Å². The summed E-state index contributed by atoms with van der Waals surface area (Å²) in [4.78, 5) is 0.276. The summed E-state index contributed by atoms with van der Waals surface area (Å²) in [5.41, 5.74) is 3.14. The molecule has 0 amide bonds. The molecule has 7 nitrogen and oxygen atoms in total. The summed E-state index contributed by atoms with van der Waals surface area (Å²) in [6, 6.07) is 3.59. The number of aryl methyl sites for hydroxylation is 2. The number of nitrogens with one attached hydrogen (secondary N) is 1. The fraction of sp³-hybridized carbons (Fsp3) is 0.438. The summed E-state index contributed by atoms with van der Waals surface area (Å²) in [5.74, 6) is 1.41. The van der Waals surface area contributed by atoms with Gasteiger partial charge in [-0.15, -0.1) is 0 Å². The lowest BCUT2D eigenvalue weighted by molar-refractivity contribution is 0.174. The molecule has 24 heavy (non-hydrogen) atoms. The van der Waals surface area contributed by atoms with Crippen molar-refractivity contribution >= 4 is 10.0 Å². The highest BCUT2D eigenvalue weighted by atomic mass is 32.2. The molecule has 1 N–H and O–H groups in total. The summed E-state index contributed by atoms with van der Waals surface area (Å²) < 4.78 is 38.7. The van der Waals surface area contributed by atoms with Crippen molar-refractivity contribution in [2.24, 2.45) is 0 Å². The highest BCUT2D eigenvalue weighted by Gasteiger charge is 2.37. The maximum absolute atomic E-state index is 13.2. The number of hydrogen-bond acceptors (Lipinski definition) is 5. The van der Waals surface area contributed by atoms with Gasteiger partial charge in [0.2, 0.25) is 16.8 Å². The molecule has 128 valence electrons. The van der Waals surface area contributed by atoms with Crippen LogP contribution < -0.4 is 9.47 Å². The second-order valence-corrected chi connectivity index (χ2v) is 8.04. The molecule has 0 bridgehead atoms. The van der Waals surface area contributed by atoms with E-state index in [0.29, 0.717) is 30.1 Å². The number of fused-ring (bicyclic) bond motifs is 2. The van der Waals surface area contributed by atoms with Crippen LogP contribution in [0.4, 0.5) is 0 Å². The molecule has 2 aliphatic rings. The zero-order chi connectivity index (χ0) is 17.1. The Morgan fingerprint density at radius 2 is 1.96 bits per heavy atom. The van der Waals surface area contributed by atoms with Crippen LogP contribution in [0.3, 0.4) is 0 Å². The first-order chi connectivity index (χ1) is 11.4. The monoisotopic (exact) mass is 349 g/mol. The van der Waals surface area contributed by atoms with Gasteiger partial charge in [0, 0.05) is 12.6 Å². The van der Waals surface area contributed by atoms with Crippen LogP contribution in [0.1, 0.15) is 35.5 Å². The van der Waals surface area contributed by atoms with Gasteiger partial charge in [0.1, 0.15) is 4.90 Å². The lowest BCUT2D eigenvalue weighted by Gasteiger charge is -2.34. The fourth-order valence-electron chi connectivity index (χ4n) is 3.55. The van der Waals surface area contributed by atoms with Crippen LogP contribution in [-0.2, 0) is 16.4 Å². The van der Waals surface area contributed by atoms with Gasteiger partial charge < -0.3 is 9.47 Å². The molecule has 1 aromatic carbocycles. The first-order valence-corrected chi connectivity index (χ1v) is 9.29. The van der Waals surface area contributed by atoms with Crippen LogP contribution in [0.15, 0.2) is 17.0 Å². The van der Waals surface area contributed by atoms with Gasteiger partial charge in [-0.05, 0) is 50.5 Å². The van der Waals surface area contributed by atoms with E-state index in [0.717, 1.165) is 16.9 Å². The van der Waals surface area contributed by atoms with Crippen molar-refractivity contribution in [3.05, 3.63) is 34.6 Å². The lowest BCUT2D eigenvalue weighted by atomic mass is 9.94. The molecule has 2 aliphatic heterocycles. The molecule has 0 saturated carbocycles. The Hall–Kier alpha value is -2.06. The first-order valence-electron chi connectivity index (χ1n) is 7.85. The van der Waals surface area contributed by atoms with Crippen molar-refractivity contribution in [3.63, 3.8) is 0 Å². The van der Waals surface area contributed by atoms with Gasteiger partial charge >= 0.3 is 0 Å². The Kier molecular flexibility index (Phi) is 3.36. The Balaban J connectivity index is 1.77. The average Bonchev–Trinajstić information content (AvgIpc) is 3.11. The summed E-state index contributed by atoms with van der Waals surface area (Å²) in [5, 5.41) is 6.78. The molecule has 0 aliphatic carbocycles. The normalized spacial score (nSPS) is 20.2. The van der Waals surface area contributed by atoms with Gasteiger partial charge in [-0.2, -0.15) is 9.40 Å². The molecule has 0 fully saturated rings. The number of benzene rings is 1. The molecule has 1 unspecified atom stereocenters. The third-order valence-electron chi connectivity index (χ3n) is 4.75. The van der Waals surface area contributed by atoms with E-state index in [-0.39, 0.29) is 17.7 Å². The van der Waals surface area contributed by atoms with Crippen molar-refractivity contribution in [1.29, 1.82) is 0 Å². The number of hydrogen-bond donors (Lipinski definition) is 1. The zero-order valence-corrected chi connectivity index (χ0v) is 14.6. The topological polar surface area (TPSA) is 84.5 Å². The number of nitrogens with zero attached hydrogens (tertiary/aromatic N) is 2. The number of ether oxygens (including phenoxy) is 2. The largest absolute Gasteiger partial charge is 0.454 e. The maximum Gasteiger partial charge on any atom is 0.247 e. The highest BCUT2D eigenvalue weighted by molar-refractivity contribution is 7.89. The van der Waals surface area contributed by atoms with Crippen molar-refractivity contribution in [2.75, 3.05) is 13.3 Å². The number of aromatic amines is 1. The second-order valence-electron chi connectivity index (χ2n) is 6.21. The van der Waals surface area contributed by atoms with E-state index >= 15 is 0 Å². The van der Waals surface area contributed by atoms with E-state index in [9.17, 15) is 8.42 Å². The van der Waals surface area contributed by atoms with Crippen LogP contribution in [0.2, 0.25) is 0 Å². The van der Waals surface area contributed by atoms with Gasteiger partial charge in [-0.3, -0.25) is 5.10 Å². The molecule has 1 aromatic heterocycles. The fourth-order valence-corrected chi connectivity index (χ4v) is 5.50. The number of aromatic nitrogens is 2. The summed E-state index contributed by atoms with van der Waals surface area (Å²) >= 11 is 0. The summed E-state index contributed by atoms with van der Waals surface area (Å²) in [6.07, 6.45) is 0.644. The maximum atomic E-state index is 13.2. The minimum atomic E-state index is -3.62. The third kappa shape index (κ3) is 2.13. The number of rotatable bonds is 2. The predicted molar refractivity (Wildman–Crippen MR) is 86.6 cm³/mol. The smallest absolute Gasteiger partial charge is 0.247 e. The first kappa shape index (κ1) is 15.5. The molecule has 4 rings (SSSR count). The molecule has 1 atom stereocenters. The van der Waals surface area contributed by atoms with Crippen molar-refractivity contribution in [1.82, 2.24) is 14.5 Å². The minimum absolute atomic E-state index is 0.210. The predicted octanol–water partition coefficient (Wildman–Crippen LogP) is 2.06. The number of H-pyrrole nitrogens is 1. The van der Waals surface area contributed by atoms with E-state index in [1.54, 1.807) is 18.2 Å². The summed E-state index contributed by atoms with van der Waals surface area (Å²) in [6.45, 7) is 5.98. The number of sulfonamides is 1. The molecule has 0 spiro atoms. The van der Waals surface area contributed by atoms with Crippen molar-refractivity contribution < 1.29 is 17.9 Å². The standard InChI is InChI=1S/C16H19N3O4S/c1-9-16(10(2)18-17-9)24(20,21)19-5-4-12-6-14-15(23-8-22-14)7-13(12)11(19)3/h6-7,11H,4-5,8H2,1-3H3,(H,17,18). The Morgan fingerprint density at radius 1 is 1.25 bits per heavy atom. The average molecular weight is 349 g/mol. The zero-order valence-electron chi connectivity index (χ0n) is 13.8. The van der Waals surface area contributed by atoms with E-state index in [1.165, 1.54) is 0 Å². The molecule has 0 saturated heterocycles. The van der Waals surface area contributed by atoms with Crippen molar-refractivity contribution in [2.45, 2.75) is 38.1 Å². The van der Waals surface area contributed by atoms with E-state index in [4.69, 9.17) is 9.47 Å². The SMILES string of the molecule is Cc1n[nH]c(C)c1S(=O)(=O)N1CCc2cc3c(cc2C1C)OCO3. The van der Waals surface area contributed by atoms with Crippen LogP contribution in [0.5, 0.6) is 11.5 Å². The Bertz CT molecular complexity index is 900. The van der Waals surface area contributed by atoms with Crippen LogP contribution in [-0.4, -0.2) is 36.3 Å². The van der Waals surface area contributed by atoms with Crippen LogP contribution >= 0.6 is 0 Å². The van der Waals surface area contributed by atoms with E-state index in [2.05, 4.69) is 10.2 Å². The quantitative estimate of drug-likeness (QED) is 0.897. The Labute approximate surface area is 140 Å². The molecule has 3 heterocycles. The Morgan fingerprint density at radius 3 is 2.62 bits per heavy atom. The molecule has 8 heteroatoms. The van der Waals surface area contributed by atoms with E-state index in [1.807, 2.05) is 19.1 Å². The summed E-state index contributed by atoms with van der Waals surface area (Å²) in [7, 11) is -3.62. The molecular formula is C16H19N3O4S. The van der Waals surface area contributed by atoms with Gasteiger partial charge in [0.05, 0.1) is 11.4 Å². The lowest BCUT2D eigenvalue weighted by Crippen LogP contribution is -2.39. The van der Waals surface area contributed by atoms with Crippen LogP contribution in [0, 0.1) is 13.8 Å². The van der Waals surface area contributed by atoms with Gasteiger partial charge in [-0.1, -0.05) is 0 Å². The molecule has 0 radical (unpaired) electrons. The highest BCUT2D eigenvalue weighted by Crippen LogP contribution is 2.42. The van der Waals surface area contributed by atoms with Gasteiger partial charge in [-0.25, -0.2) is 8.42 Å². The third-order valence-corrected chi connectivity index (χ3v) is 6.98. The minimum Gasteiger partial charge on any atom is -0.454 e. The van der Waals surface area contributed by atoms with E-state index < -0.39 is 10.0 Å². The second kappa shape index (κ2) is 5.22. The van der Waals surface area contributed by atoms with Gasteiger partial charge in [0.15, 0.2) is 11.5 Å². The van der Waals surface area contributed by atoms with Crippen LogP contribution in [0.25, 0.3) is 0 Å².